The number of nitrogens with one attached hydrogen (secondary N) is 1. The normalized spacial score (nSPS) is 18.8. The fourth-order valence-electron chi connectivity index (χ4n) is 4.51. The highest BCUT2D eigenvalue weighted by molar-refractivity contribution is 5.33. The molecular weight excluding hydrogens is 346 g/mol. The van der Waals surface area contributed by atoms with E-state index in [0.29, 0.717) is 5.92 Å². The highest BCUT2D eigenvalue weighted by Crippen LogP contribution is 2.41. The molecule has 2 aromatic carbocycles. The minimum atomic E-state index is -0.882. The molecule has 0 radical (unpaired) electrons. The van der Waals surface area contributed by atoms with Crippen LogP contribution in [0.3, 0.4) is 0 Å². The van der Waals surface area contributed by atoms with Crippen LogP contribution in [0.15, 0.2) is 54.6 Å². The molecule has 2 unspecified atom stereocenters. The third kappa shape index (κ3) is 5.02. The summed E-state index contributed by atoms with van der Waals surface area (Å²) >= 11 is 0. The van der Waals surface area contributed by atoms with Gasteiger partial charge in [-0.05, 0) is 35.4 Å². The molecule has 1 aliphatic rings. The average molecular weight is 383 g/mol. The van der Waals surface area contributed by atoms with Crippen molar-refractivity contribution < 1.29 is 14.7 Å². The molecule has 0 amide bonds. The second-order valence-corrected chi connectivity index (χ2v) is 8.60. The number of aliphatic hydroxyl groups is 1. The van der Waals surface area contributed by atoms with Crippen molar-refractivity contribution in [1.82, 2.24) is 0 Å². The van der Waals surface area contributed by atoms with E-state index in [2.05, 4.69) is 75.4 Å². The number of rotatable bonds is 8. The van der Waals surface area contributed by atoms with E-state index in [-0.39, 0.29) is 5.92 Å². The molecule has 1 heterocycles. The van der Waals surface area contributed by atoms with Crippen LogP contribution < -0.4 is 4.90 Å². The summed E-state index contributed by atoms with van der Waals surface area (Å²) in [6, 6.07) is 19.2. The molecule has 0 aromatic heterocycles. The van der Waals surface area contributed by atoms with Crippen LogP contribution in [0, 0.1) is 5.92 Å². The molecule has 2 atom stereocenters. The standard InChI is InChI=1S/C25H35NO2/c1-4-21-10-12-23(13-11-21)25(27,18-20(2)3)24(22-8-6-5-7-9-22)19-26-14-16-28-17-15-26/h5-13,20,24,27H,4,14-19H2,1-3H3/p+1. The number of ether oxygens (including phenoxy) is 1. The molecular formula is C25H36NO2+. The minimum Gasteiger partial charge on any atom is -0.384 e. The van der Waals surface area contributed by atoms with Crippen molar-refractivity contribution in [3.05, 3.63) is 71.3 Å². The molecule has 0 bridgehead atoms. The first-order valence-electron chi connectivity index (χ1n) is 10.8. The molecule has 2 N–H and O–H groups in total. The molecule has 1 saturated heterocycles. The van der Waals surface area contributed by atoms with Gasteiger partial charge in [0.05, 0.1) is 25.7 Å². The molecule has 0 spiro atoms. The van der Waals surface area contributed by atoms with Crippen LogP contribution >= 0.6 is 0 Å². The van der Waals surface area contributed by atoms with Gasteiger partial charge in [0.25, 0.3) is 0 Å². The molecule has 3 heteroatoms. The maximum atomic E-state index is 12.2. The molecule has 1 fully saturated rings. The van der Waals surface area contributed by atoms with Gasteiger partial charge >= 0.3 is 0 Å². The van der Waals surface area contributed by atoms with Gasteiger partial charge in [0.2, 0.25) is 0 Å². The van der Waals surface area contributed by atoms with E-state index in [4.69, 9.17) is 4.74 Å². The molecule has 2 aromatic rings. The second-order valence-electron chi connectivity index (χ2n) is 8.60. The lowest BCUT2D eigenvalue weighted by molar-refractivity contribution is -0.910. The van der Waals surface area contributed by atoms with Gasteiger partial charge in [0.1, 0.15) is 18.7 Å². The smallest absolute Gasteiger partial charge is 0.102 e. The summed E-state index contributed by atoms with van der Waals surface area (Å²) in [6.45, 7) is 11.1. The van der Waals surface area contributed by atoms with E-state index in [1.54, 1.807) is 0 Å². The van der Waals surface area contributed by atoms with Crippen LogP contribution in [0.25, 0.3) is 0 Å². The first-order chi connectivity index (χ1) is 13.5. The number of hydrogen-bond donors (Lipinski definition) is 2. The molecule has 1 aliphatic heterocycles. The predicted molar refractivity (Wildman–Crippen MR) is 115 cm³/mol. The molecule has 0 saturated carbocycles. The van der Waals surface area contributed by atoms with Crippen molar-refractivity contribution >= 4 is 0 Å². The first kappa shape index (κ1) is 21.0. The topological polar surface area (TPSA) is 33.9 Å². The molecule has 0 aliphatic carbocycles. The third-order valence-corrected chi connectivity index (χ3v) is 6.05. The van der Waals surface area contributed by atoms with E-state index in [0.717, 1.165) is 51.3 Å². The van der Waals surface area contributed by atoms with Gasteiger partial charge < -0.3 is 14.7 Å². The SMILES string of the molecule is CCc1ccc(C(O)(CC(C)C)C(C[NH+]2CCOCC2)c2ccccc2)cc1. The van der Waals surface area contributed by atoms with E-state index in [1.807, 2.05) is 0 Å². The summed E-state index contributed by atoms with van der Waals surface area (Å²) in [7, 11) is 0. The molecule has 3 nitrogen and oxygen atoms in total. The summed E-state index contributed by atoms with van der Waals surface area (Å²) in [5.74, 6) is 0.457. The van der Waals surface area contributed by atoms with Gasteiger partial charge in [-0.3, -0.25) is 0 Å². The zero-order chi connectivity index (χ0) is 20.0. The second kappa shape index (κ2) is 9.69. The van der Waals surface area contributed by atoms with Crippen molar-refractivity contribution in [2.45, 2.75) is 45.1 Å². The van der Waals surface area contributed by atoms with Crippen molar-refractivity contribution in [2.24, 2.45) is 5.92 Å². The molecule has 28 heavy (non-hydrogen) atoms. The summed E-state index contributed by atoms with van der Waals surface area (Å²) in [6.07, 6.45) is 1.77. The van der Waals surface area contributed by atoms with Crippen LogP contribution in [0.5, 0.6) is 0 Å². The minimum absolute atomic E-state index is 0.0525. The summed E-state index contributed by atoms with van der Waals surface area (Å²) in [5.41, 5.74) is 2.70. The Labute approximate surface area is 170 Å². The summed E-state index contributed by atoms with van der Waals surface area (Å²) in [4.78, 5) is 1.52. The Kier molecular flexibility index (Phi) is 7.28. The van der Waals surface area contributed by atoms with Gasteiger partial charge in [-0.2, -0.15) is 0 Å². The van der Waals surface area contributed by atoms with Crippen molar-refractivity contribution in [2.75, 3.05) is 32.8 Å². The Balaban J connectivity index is 2.01. The number of aryl methyl sites for hydroxylation is 1. The molecule has 3 rings (SSSR count). The summed E-state index contributed by atoms with van der Waals surface area (Å²) < 4.78 is 5.56. The Morgan fingerprint density at radius 2 is 1.64 bits per heavy atom. The van der Waals surface area contributed by atoms with Crippen molar-refractivity contribution in [1.29, 1.82) is 0 Å². The predicted octanol–water partition coefficient (Wildman–Crippen LogP) is 3.18. The zero-order valence-corrected chi connectivity index (χ0v) is 17.7. The van der Waals surface area contributed by atoms with Gasteiger partial charge in [0, 0.05) is 0 Å². The van der Waals surface area contributed by atoms with Crippen LogP contribution in [0.2, 0.25) is 0 Å². The van der Waals surface area contributed by atoms with Crippen molar-refractivity contribution in [3.63, 3.8) is 0 Å². The lowest BCUT2D eigenvalue weighted by atomic mass is 9.72. The van der Waals surface area contributed by atoms with Gasteiger partial charge in [-0.15, -0.1) is 0 Å². The van der Waals surface area contributed by atoms with E-state index in [1.165, 1.54) is 16.0 Å². The van der Waals surface area contributed by atoms with Crippen LogP contribution in [-0.2, 0) is 16.8 Å². The fraction of sp³-hybridized carbons (Fsp3) is 0.520. The maximum Gasteiger partial charge on any atom is 0.102 e. The quantitative estimate of drug-likeness (QED) is 0.735. The van der Waals surface area contributed by atoms with Gasteiger partial charge in [-0.1, -0.05) is 75.4 Å². The average Bonchev–Trinajstić information content (AvgIpc) is 2.73. The van der Waals surface area contributed by atoms with Crippen LogP contribution in [0.4, 0.5) is 0 Å². The Morgan fingerprint density at radius 3 is 2.21 bits per heavy atom. The monoisotopic (exact) mass is 382 g/mol. The Morgan fingerprint density at radius 1 is 1.00 bits per heavy atom. The van der Waals surface area contributed by atoms with Crippen LogP contribution in [-0.4, -0.2) is 38.0 Å². The van der Waals surface area contributed by atoms with Crippen molar-refractivity contribution in [3.8, 4) is 0 Å². The summed E-state index contributed by atoms with van der Waals surface area (Å²) in [5, 5.41) is 12.2. The third-order valence-electron chi connectivity index (χ3n) is 6.05. The first-order valence-corrected chi connectivity index (χ1v) is 10.8. The highest BCUT2D eigenvalue weighted by atomic mass is 16.5. The maximum absolute atomic E-state index is 12.2. The number of quaternary nitrogens is 1. The zero-order valence-electron chi connectivity index (χ0n) is 17.7. The van der Waals surface area contributed by atoms with E-state index in [9.17, 15) is 5.11 Å². The lowest BCUT2D eigenvalue weighted by Gasteiger charge is -2.40. The van der Waals surface area contributed by atoms with Gasteiger partial charge in [-0.25, -0.2) is 0 Å². The largest absolute Gasteiger partial charge is 0.384 e. The number of benzene rings is 2. The lowest BCUT2D eigenvalue weighted by Crippen LogP contribution is -3.14. The van der Waals surface area contributed by atoms with Crippen LogP contribution in [0.1, 0.15) is 49.8 Å². The fourth-order valence-corrected chi connectivity index (χ4v) is 4.51. The number of hydrogen-bond acceptors (Lipinski definition) is 2. The van der Waals surface area contributed by atoms with Gasteiger partial charge in [0.15, 0.2) is 0 Å². The van der Waals surface area contributed by atoms with E-state index >= 15 is 0 Å². The Bertz CT molecular complexity index is 707. The molecule has 152 valence electrons. The van der Waals surface area contributed by atoms with E-state index < -0.39 is 5.60 Å². The Hall–Kier alpha value is -1.68. The number of morpholine rings is 1. The highest BCUT2D eigenvalue weighted by Gasteiger charge is 2.42.